The quantitative estimate of drug-likeness (QED) is 0.440. The molecule has 2 aliphatic heterocycles. The van der Waals surface area contributed by atoms with Crippen molar-refractivity contribution in [2.24, 2.45) is 5.41 Å². The molecule has 2 N–H and O–H groups in total. The van der Waals surface area contributed by atoms with Gasteiger partial charge in [0.2, 0.25) is 11.8 Å². The number of carbonyl (C=O) groups excluding carboxylic acids is 2. The van der Waals surface area contributed by atoms with Crippen LogP contribution in [-0.2, 0) is 9.59 Å². The summed E-state index contributed by atoms with van der Waals surface area (Å²) in [6.07, 6.45) is 1.17. The Kier molecular flexibility index (Phi) is 1.26. The van der Waals surface area contributed by atoms with Crippen LogP contribution < -0.4 is 10.6 Å². The molecule has 0 aromatic heterocycles. The predicted octanol–water partition coefficient (Wildman–Crippen LogP) is -0.987. The molecule has 2 fully saturated rings. The fourth-order valence-corrected chi connectivity index (χ4v) is 1.78. The van der Waals surface area contributed by atoms with Gasteiger partial charge in [0.1, 0.15) is 0 Å². The lowest BCUT2D eigenvalue weighted by Crippen LogP contribution is -2.33. The van der Waals surface area contributed by atoms with E-state index in [2.05, 4.69) is 10.6 Å². The summed E-state index contributed by atoms with van der Waals surface area (Å²) >= 11 is 0. The Balaban J connectivity index is 2.24. The first-order valence-electron chi connectivity index (χ1n) is 3.78. The van der Waals surface area contributed by atoms with Crippen molar-refractivity contribution in [1.82, 2.24) is 10.6 Å². The van der Waals surface area contributed by atoms with E-state index in [1.54, 1.807) is 0 Å². The lowest BCUT2D eigenvalue weighted by molar-refractivity contribution is -0.128. The number of amides is 2. The fourth-order valence-electron chi connectivity index (χ4n) is 1.78. The topological polar surface area (TPSA) is 58.2 Å². The third kappa shape index (κ3) is 0.860. The van der Waals surface area contributed by atoms with Crippen LogP contribution in [0.25, 0.3) is 0 Å². The van der Waals surface area contributed by atoms with E-state index in [1.165, 1.54) is 0 Å². The van der Waals surface area contributed by atoms with Crippen LogP contribution in [0.2, 0.25) is 0 Å². The smallest absolute Gasteiger partial charge is 0.234 e. The number of rotatable bonds is 0. The second-order valence-corrected chi connectivity index (χ2v) is 3.26. The van der Waals surface area contributed by atoms with Gasteiger partial charge in [-0.05, 0) is 13.0 Å². The summed E-state index contributed by atoms with van der Waals surface area (Å²) in [6.45, 7) is 1.51. The maximum Gasteiger partial charge on any atom is 0.234 e. The van der Waals surface area contributed by atoms with Crippen LogP contribution in [0.3, 0.4) is 0 Å². The molecule has 1 unspecified atom stereocenters. The molecular formula is C7H10N2O2. The molecule has 0 aliphatic carbocycles. The van der Waals surface area contributed by atoms with Gasteiger partial charge in [0, 0.05) is 13.0 Å². The molecule has 0 radical (unpaired) electrons. The first-order valence-corrected chi connectivity index (χ1v) is 3.78. The molecule has 1 spiro atoms. The molecule has 4 nitrogen and oxygen atoms in total. The predicted molar refractivity (Wildman–Crippen MR) is 37.7 cm³/mol. The first-order chi connectivity index (χ1) is 5.23. The normalized spacial score (nSPS) is 36.7. The van der Waals surface area contributed by atoms with E-state index in [0.29, 0.717) is 13.0 Å². The second-order valence-electron chi connectivity index (χ2n) is 3.26. The minimum Gasteiger partial charge on any atom is -0.316 e. The maximum atomic E-state index is 11.2. The van der Waals surface area contributed by atoms with Gasteiger partial charge < -0.3 is 5.32 Å². The summed E-state index contributed by atoms with van der Waals surface area (Å²) in [4.78, 5) is 22.1. The average molecular weight is 154 g/mol. The van der Waals surface area contributed by atoms with Gasteiger partial charge in [-0.1, -0.05) is 0 Å². The molecule has 2 heterocycles. The van der Waals surface area contributed by atoms with E-state index in [9.17, 15) is 9.59 Å². The molecular weight excluding hydrogens is 144 g/mol. The molecule has 0 aromatic carbocycles. The number of imide groups is 1. The van der Waals surface area contributed by atoms with E-state index in [1.807, 2.05) is 0 Å². The van der Waals surface area contributed by atoms with Crippen molar-refractivity contribution in [1.29, 1.82) is 0 Å². The van der Waals surface area contributed by atoms with Gasteiger partial charge >= 0.3 is 0 Å². The third-order valence-electron chi connectivity index (χ3n) is 2.48. The summed E-state index contributed by atoms with van der Waals surface area (Å²) in [5.74, 6) is -0.216. The van der Waals surface area contributed by atoms with Crippen molar-refractivity contribution in [3.63, 3.8) is 0 Å². The molecule has 2 saturated heterocycles. The van der Waals surface area contributed by atoms with Crippen molar-refractivity contribution in [2.45, 2.75) is 12.8 Å². The Hall–Kier alpha value is -0.900. The van der Waals surface area contributed by atoms with E-state index >= 15 is 0 Å². The van der Waals surface area contributed by atoms with E-state index < -0.39 is 5.41 Å². The summed E-state index contributed by atoms with van der Waals surface area (Å²) in [7, 11) is 0. The molecule has 2 aliphatic rings. The molecule has 4 heteroatoms. The molecule has 0 saturated carbocycles. The fraction of sp³-hybridized carbons (Fsp3) is 0.714. The van der Waals surface area contributed by atoms with Gasteiger partial charge in [0.05, 0.1) is 5.41 Å². The number of hydrogen-bond donors (Lipinski definition) is 2. The van der Waals surface area contributed by atoms with Crippen LogP contribution >= 0.6 is 0 Å². The third-order valence-corrected chi connectivity index (χ3v) is 2.48. The Morgan fingerprint density at radius 1 is 1.36 bits per heavy atom. The lowest BCUT2D eigenvalue weighted by atomic mass is 9.86. The van der Waals surface area contributed by atoms with Gasteiger partial charge in [-0.3, -0.25) is 14.9 Å². The van der Waals surface area contributed by atoms with Crippen molar-refractivity contribution in [2.75, 3.05) is 13.1 Å². The van der Waals surface area contributed by atoms with E-state index in [0.717, 1.165) is 13.0 Å². The van der Waals surface area contributed by atoms with Gasteiger partial charge in [0.25, 0.3) is 0 Å². The van der Waals surface area contributed by atoms with Crippen LogP contribution in [0.15, 0.2) is 0 Å². The highest BCUT2D eigenvalue weighted by molar-refractivity contribution is 6.06. The number of carbonyl (C=O) groups is 2. The Morgan fingerprint density at radius 2 is 2.18 bits per heavy atom. The standard InChI is InChI=1S/C7H10N2O2/c10-5-3-7(6(11)9-5)1-2-8-4-7/h8H,1-4H2,(H,9,10,11). The van der Waals surface area contributed by atoms with Crippen LogP contribution in [0.5, 0.6) is 0 Å². The van der Waals surface area contributed by atoms with Crippen LogP contribution in [0.1, 0.15) is 12.8 Å². The van der Waals surface area contributed by atoms with Gasteiger partial charge in [-0.25, -0.2) is 0 Å². The van der Waals surface area contributed by atoms with Crippen molar-refractivity contribution < 1.29 is 9.59 Å². The zero-order chi connectivity index (χ0) is 7.90. The van der Waals surface area contributed by atoms with Crippen LogP contribution in [-0.4, -0.2) is 24.9 Å². The Bertz CT molecular complexity index is 218. The minimum absolute atomic E-state index is 0.0903. The SMILES string of the molecule is O=C1CC2(CCNC2)C(=O)N1. The summed E-state index contributed by atoms with van der Waals surface area (Å²) in [5.41, 5.74) is -0.392. The molecule has 0 aromatic rings. The number of nitrogens with one attached hydrogen (secondary N) is 2. The average Bonchev–Trinajstić information content (AvgIpc) is 2.45. The molecule has 60 valence electrons. The lowest BCUT2D eigenvalue weighted by Gasteiger charge is -2.14. The Morgan fingerprint density at radius 3 is 2.64 bits per heavy atom. The molecule has 1 atom stereocenters. The molecule has 11 heavy (non-hydrogen) atoms. The highest BCUT2D eigenvalue weighted by Gasteiger charge is 2.48. The summed E-state index contributed by atoms with van der Waals surface area (Å²) in [6, 6.07) is 0. The molecule has 0 bridgehead atoms. The number of hydrogen-bond acceptors (Lipinski definition) is 3. The van der Waals surface area contributed by atoms with Crippen molar-refractivity contribution >= 4 is 11.8 Å². The summed E-state index contributed by atoms with van der Waals surface area (Å²) in [5, 5.41) is 5.42. The van der Waals surface area contributed by atoms with Gasteiger partial charge in [-0.2, -0.15) is 0 Å². The molecule has 2 amide bonds. The van der Waals surface area contributed by atoms with Gasteiger partial charge in [-0.15, -0.1) is 0 Å². The minimum atomic E-state index is -0.392. The zero-order valence-corrected chi connectivity index (χ0v) is 6.14. The van der Waals surface area contributed by atoms with Crippen LogP contribution in [0.4, 0.5) is 0 Å². The summed E-state index contributed by atoms with van der Waals surface area (Å²) < 4.78 is 0. The second kappa shape index (κ2) is 2.04. The van der Waals surface area contributed by atoms with E-state index in [4.69, 9.17) is 0 Å². The van der Waals surface area contributed by atoms with Crippen molar-refractivity contribution in [3.8, 4) is 0 Å². The highest BCUT2D eigenvalue weighted by Crippen LogP contribution is 2.33. The zero-order valence-electron chi connectivity index (χ0n) is 6.14. The largest absolute Gasteiger partial charge is 0.316 e. The Labute approximate surface area is 64.3 Å². The first kappa shape index (κ1) is 6.79. The van der Waals surface area contributed by atoms with Gasteiger partial charge in [0.15, 0.2) is 0 Å². The monoisotopic (exact) mass is 154 g/mol. The maximum absolute atomic E-state index is 11.2. The van der Waals surface area contributed by atoms with Crippen molar-refractivity contribution in [3.05, 3.63) is 0 Å². The van der Waals surface area contributed by atoms with E-state index in [-0.39, 0.29) is 11.8 Å². The van der Waals surface area contributed by atoms with Crippen LogP contribution in [0, 0.1) is 5.41 Å². The molecule has 2 rings (SSSR count). The highest BCUT2D eigenvalue weighted by atomic mass is 16.2.